The summed E-state index contributed by atoms with van der Waals surface area (Å²) < 4.78 is 5.27. The second-order valence-corrected chi connectivity index (χ2v) is 5.78. The number of piperidine rings is 1. The number of hydrogen-bond acceptors (Lipinski definition) is 3. The highest BCUT2D eigenvalue weighted by molar-refractivity contribution is 5.51. The third-order valence-corrected chi connectivity index (χ3v) is 4.09. The van der Waals surface area contributed by atoms with Crippen LogP contribution in [0.5, 0.6) is 5.75 Å². The maximum absolute atomic E-state index is 9.43. The molecule has 1 heterocycles. The number of hydrogen-bond donors (Lipinski definition) is 1. The lowest BCUT2D eigenvalue weighted by Crippen LogP contribution is -2.47. The average molecular weight is 249 g/mol. The number of aliphatic hydroxyl groups excluding tert-OH is 1. The molecule has 1 fully saturated rings. The second kappa shape index (κ2) is 5.19. The minimum Gasteiger partial charge on any atom is -0.497 e. The van der Waals surface area contributed by atoms with Gasteiger partial charge in [-0.2, -0.15) is 0 Å². The van der Waals surface area contributed by atoms with Gasteiger partial charge in [0.25, 0.3) is 0 Å². The first-order chi connectivity index (χ1) is 8.56. The molecule has 3 nitrogen and oxygen atoms in total. The molecule has 0 aromatic heterocycles. The van der Waals surface area contributed by atoms with Crippen molar-refractivity contribution in [1.29, 1.82) is 0 Å². The molecular formula is C15H23NO2. The molecule has 0 aliphatic carbocycles. The zero-order valence-electron chi connectivity index (χ0n) is 11.5. The summed E-state index contributed by atoms with van der Waals surface area (Å²) in [6, 6.07) is 8.20. The van der Waals surface area contributed by atoms with E-state index in [1.807, 2.05) is 12.1 Å². The van der Waals surface area contributed by atoms with Gasteiger partial charge in [-0.3, -0.25) is 0 Å². The molecule has 1 unspecified atom stereocenters. The molecule has 18 heavy (non-hydrogen) atoms. The van der Waals surface area contributed by atoms with Gasteiger partial charge in [0.2, 0.25) is 0 Å². The summed E-state index contributed by atoms with van der Waals surface area (Å²) in [6.07, 6.45) is 1.04. The lowest BCUT2D eigenvalue weighted by Gasteiger charge is -2.44. The standard InChI is InChI=1S/C15H23NO2/c1-15(2)11-16(8-7-12(15)10-17)13-5-4-6-14(9-13)18-3/h4-6,9,12,17H,7-8,10-11H2,1-3H3. The van der Waals surface area contributed by atoms with Crippen LogP contribution in [-0.4, -0.2) is 31.9 Å². The van der Waals surface area contributed by atoms with Gasteiger partial charge in [0.1, 0.15) is 5.75 Å². The van der Waals surface area contributed by atoms with Crippen molar-refractivity contribution in [3.05, 3.63) is 24.3 Å². The molecule has 3 heteroatoms. The summed E-state index contributed by atoms with van der Waals surface area (Å²) in [5.41, 5.74) is 1.36. The minimum absolute atomic E-state index is 0.149. The van der Waals surface area contributed by atoms with Crippen LogP contribution in [0.4, 0.5) is 5.69 Å². The normalized spacial score (nSPS) is 22.9. The largest absolute Gasteiger partial charge is 0.497 e. The van der Waals surface area contributed by atoms with Gasteiger partial charge in [-0.25, -0.2) is 0 Å². The first-order valence-corrected chi connectivity index (χ1v) is 6.56. The van der Waals surface area contributed by atoms with E-state index in [1.54, 1.807) is 7.11 Å². The van der Waals surface area contributed by atoms with Crippen molar-refractivity contribution in [1.82, 2.24) is 0 Å². The predicted molar refractivity (Wildman–Crippen MR) is 74.2 cm³/mol. The van der Waals surface area contributed by atoms with Crippen molar-refractivity contribution < 1.29 is 9.84 Å². The summed E-state index contributed by atoms with van der Waals surface area (Å²) in [5.74, 6) is 1.30. The number of ether oxygens (including phenoxy) is 1. The highest BCUT2D eigenvalue weighted by Gasteiger charge is 2.35. The summed E-state index contributed by atoms with van der Waals surface area (Å²) >= 11 is 0. The number of aliphatic hydroxyl groups is 1. The summed E-state index contributed by atoms with van der Waals surface area (Å²) in [5, 5.41) is 9.43. The van der Waals surface area contributed by atoms with E-state index in [4.69, 9.17) is 4.74 Å². The van der Waals surface area contributed by atoms with Gasteiger partial charge in [0.05, 0.1) is 7.11 Å². The Bertz CT molecular complexity index is 403. The van der Waals surface area contributed by atoms with E-state index in [1.165, 1.54) is 5.69 Å². The Labute approximate surface area is 109 Å². The highest BCUT2D eigenvalue weighted by Crippen LogP contribution is 2.37. The molecule has 100 valence electrons. The number of rotatable bonds is 3. The fraction of sp³-hybridized carbons (Fsp3) is 0.600. The van der Waals surface area contributed by atoms with Gasteiger partial charge in [0, 0.05) is 31.5 Å². The van der Waals surface area contributed by atoms with Crippen molar-refractivity contribution in [2.75, 3.05) is 31.7 Å². The summed E-state index contributed by atoms with van der Waals surface area (Å²) in [7, 11) is 1.70. The maximum Gasteiger partial charge on any atom is 0.120 e. The molecule has 0 amide bonds. The van der Waals surface area contributed by atoms with Crippen LogP contribution < -0.4 is 9.64 Å². The van der Waals surface area contributed by atoms with E-state index < -0.39 is 0 Å². The van der Waals surface area contributed by atoms with E-state index >= 15 is 0 Å². The van der Waals surface area contributed by atoms with Crippen LogP contribution in [0.2, 0.25) is 0 Å². The molecule has 0 radical (unpaired) electrons. The number of nitrogens with zero attached hydrogens (tertiary/aromatic N) is 1. The van der Waals surface area contributed by atoms with E-state index in [-0.39, 0.29) is 5.41 Å². The molecule has 1 aromatic carbocycles. The Balaban J connectivity index is 2.15. The smallest absolute Gasteiger partial charge is 0.120 e. The molecule has 1 aliphatic rings. The summed E-state index contributed by atoms with van der Waals surface area (Å²) in [4.78, 5) is 2.38. The quantitative estimate of drug-likeness (QED) is 0.893. The lowest BCUT2D eigenvalue weighted by molar-refractivity contribution is 0.0972. The molecule has 0 saturated carbocycles. The van der Waals surface area contributed by atoms with Gasteiger partial charge in [-0.05, 0) is 29.9 Å². The molecule has 1 aromatic rings. The van der Waals surface area contributed by atoms with Crippen molar-refractivity contribution in [3.8, 4) is 5.75 Å². The fourth-order valence-electron chi connectivity index (χ4n) is 2.77. The number of benzene rings is 1. The lowest BCUT2D eigenvalue weighted by atomic mass is 9.74. The first-order valence-electron chi connectivity index (χ1n) is 6.56. The Morgan fingerprint density at radius 1 is 1.44 bits per heavy atom. The SMILES string of the molecule is COc1cccc(N2CCC(CO)C(C)(C)C2)c1. The Hall–Kier alpha value is -1.22. The topological polar surface area (TPSA) is 32.7 Å². The number of anilines is 1. The molecule has 1 N–H and O–H groups in total. The zero-order chi connectivity index (χ0) is 13.2. The Morgan fingerprint density at radius 3 is 2.83 bits per heavy atom. The van der Waals surface area contributed by atoms with E-state index in [2.05, 4.69) is 30.9 Å². The zero-order valence-corrected chi connectivity index (χ0v) is 11.5. The fourth-order valence-corrected chi connectivity index (χ4v) is 2.77. The molecule has 0 bridgehead atoms. The van der Waals surface area contributed by atoms with Crippen molar-refractivity contribution in [2.45, 2.75) is 20.3 Å². The van der Waals surface area contributed by atoms with Crippen LogP contribution >= 0.6 is 0 Å². The first kappa shape index (κ1) is 13.2. The molecule has 0 spiro atoms. The predicted octanol–water partition coefficient (Wildman–Crippen LogP) is 2.54. The van der Waals surface area contributed by atoms with E-state index in [0.717, 1.165) is 25.3 Å². The molecule has 1 atom stereocenters. The van der Waals surface area contributed by atoms with Gasteiger partial charge >= 0.3 is 0 Å². The minimum atomic E-state index is 0.149. The van der Waals surface area contributed by atoms with Crippen LogP contribution in [0.25, 0.3) is 0 Å². The van der Waals surface area contributed by atoms with Crippen molar-refractivity contribution in [3.63, 3.8) is 0 Å². The van der Waals surface area contributed by atoms with E-state index in [0.29, 0.717) is 12.5 Å². The monoisotopic (exact) mass is 249 g/mol. The molecule has 1 saturated heterocycles. The second-order valence-electron chi connectivity index (χ2n) is 5.78. The molecule has 1 aliphatic heterocycles. The molecular weight excluding hydrogens is 226 g/mol. The van der Waals surface area contributed by atoms with Crippen LogP contribution in [0, 0.1) is 11.3 Å². The van der Waals surface area contributed by atoms with Gasteiger partial charge in [0.15, 0.2) is 0 Å². The Morgan fingerprint density at radius 2 is 2.22 bits per heavy atom. The third-order valence-electron chi connectivity index (χ3n) is 4.09. The van der Waals surface area contributed by atoms with Gasteiger partial charge < -0.3 is 14.7 Å². The highest BCUT2D eigenvalue weighted by atomic mass is 16.5. The van der Waals surface area contributed by atoms with Gasteiger partial charge in [-0.1, -0.05) is 19.9 Å². The third kappa shape index (κ3) is 2.61. The van der Waals surface area contributed by atoms with Gasteiger partial charge in [-0.15, -0.1) is 0 Å². The Kier molecular flexibility index (Phi) is 3.81. The van der Waals surface area contributed by atoms with Crippen LogP contribution in [0.3, 0.4) is 0 Å². The summed E-state index contributed by atoms with van der Waals surface area (Å²) in [6.45, 7) is 6.74. The van der Waals surface area contributed by atoms with Crippen LogP contribution in [0.15, 0.2) is 24.3 Å². The molecule has 2 rings (SSSR count). The maximum atomic E-state index is 9.43. The van der Waals surface area contributed by atoms with Crippen LogP contribution in [-0.2, 0) is 0 Å². The van der Waals surface area contributed by atoms with Crippen molar-refractivity contribution in [2.24, 2.45) is 11.3 Å². The van der Waals surface area contributed by atoms with Crippen molar-refractivity contribution >= 4 is 5.69 Å². The van der Waals surface area contributed by atoms with Crippen LogP contribution in [0.1, 0.15) is 20.3 Å². The number of methoxy groups -OCH3 is 1. The van der Waals surface area contributed by atoms with E-state index in [9.17, 15) is 5.11 Å². The average Bonchev–Trinajstić information content (AvgIpc) is 2.37.